The summed E-state index contributed by atoms with van der Waals surface area (Å²) < 4.78 is 5.40. The SMILES string of the molecule is CC1(C(N)=O)CCN(C(=O)COc2cccc(N)c2)C1. The minimum Gasteiger partial charge on any atom is -0.484 e. The van der Waals surface area contributed by atoms with Gasteiger partial charge in [-0.3, -0.25) is 9.59 Å². The van der Waals surface area contributed by atoms with Crippen LogP contribution in [0.15, 0.2) is 24.3 Å². The molecule has 0 aliphatic carbocycles. The Morgan fingerprint density at radius 1 is 1.45 bits per heavy atom. The van der Waals surface area contributed by atoms with Crippen molar-refractivity contribution in [2.45, 2.75) is 13.3 Å². The second kappa shape index (κ2) is 5.40. The maximum Gasteiger partial charge on any atom is 0.260 e. The van der Waals surface area contributed by atoms with Gasteiger partial charge in [-0.2, -0.15) is 0 Å². The number of carbonyl (C=O) groups excluding carboxylic acids is 2. The number of benzene rings is 1. The Bertz CT molecular complexity index is 532. The van der Waals surface area contributed by atoms with Crippen molar-refractivity contribution >= 4 is 17.5 Å². The van der Waals surface area contributed by atoms with Crippen molar-refractivity contribution in [3.05, 3.63) is 24.3 Å². The lowest BCUT2D eigenvalue weighted by Gasteiger charge is -2.21. The van der Waals surface area contributed by atoms with Crippen molar-refractivity contribution in [3.63, 3.8) is 0 Å². The van der Waals surface area contributed by atoms with E-state index in [0.717, 1.165) is 0 Å². The molecule has 1 atom stereocenters. The van der Waals surface area contributed by atoms with Crippen molar-refractivity contribution in [3.8, 4) is 5.75 Å². The molecule has 0 spiro atoms. The molecule has 1 fully saturated rings. The van der Waals surface area contributed by atoms with Crippen LogP contribution in [0.4, 0.5) is 5.69 Å². The van der Waals surface area contributed by atoms with Gasteiger partial charge in [0.15, 0.2) is 6.61 Å². The second-order valence-electron chi connectivity index (χ2n) is 5.35. The molecule has 0 bridgehead atoms. The van der Waals surface area contributed by atoms with Crippen LogP contribution in [0.2, 0.25) is 0 Å². The summed E-state index contributed by atoms with van der Waals surface area (Å²) in [6, 6.07) is 6.90. The zero-order valence-corrected chi connectivity index (χ0v) is 11.5. The summed E-state index contributed by atoms with van der Waals surface area (Å²) in [5, 5.41) is 0. The molecule has 1 saturated heterocycles. The van der Waals surface area contributed by atoms with E-state index in [1.54, 1.807) is 36.1 Å². The maximum absolute atomic E-state index is 12.0. The molecule has 2 amide bonds. The van der Waals surface area contributed by atoms with Crippen LogP contribution in [0.3, 0.4) is 0 Å². The number of amides is 2. The normalized spacial score (nSPS) is 21.8. The van der Waals surface area contributed by atoms with Crippen molar-refractivity contribution in [2.24, 2.45) is 11.1 Å². The summed E-state index contributed by atoms with van der Waals surface area (Å²) in [6.45, 7) is 2.58. The Morgan fingerprint density at radius 3 is 2.80 bits per heavy atom. The first kappa shape index (κ1) is 14.2. The Hall–Kier alpha value is -2.24. The van der Waals surface area contributed by atoms with Gasteiger partial charge in [-0.15, -0.1) is 0 Å². The maximum atomic E-state index is 12.0. The number of hydrogen-bond donors (Lipinski definition) is 2. The smallest absolute Gasteiger partial charge is 0.260 e. The quantitative estimate of drug-likeness (QED) is 0.777. The van der Waals surface area contributed by atoms with E-state index in [-0.39, 0.29) is 18.4 Å². The lowest BCUT2D eigenvalue weighted by Crippen LogP contribution is -2.40. The number of nitrogen functional groups attached to an aromatic ring is 1. The molecule has 108 valence electrons. The molecule has 1 unspecified atom stereocenters. The van der Waals surface area contributed by atoms with Crippen LogP contribution in [0.1, 0.15) is 13.3 Å². The van der Waals surface area contributed by atoms with Gasteiger partial charge >= 0.3 is 0 Å². The fourth-order valence-corrected chi connectivity index (χ4v) is 2.22. The molecule has 0 saturated carbocycles. The van der Waals surface area contributed by atoms with Crippen LogP contribution < -0.4 is 16.2 Å². The summed E-state index contributed by atoms with van der Waals surface area (Å²) >= 11 is 0. The van der Waals surface area contributed by atoms with Gasteiger partial charge in [-0.1, -0.05) is 6.07 Å². The van der Waals surface area contributed by atoms with Gasteiger partial charge in [0, 0.05) is 24.8 Å². The summed E-state index contributed by atoms with van der Waals surface area (Å²) in [5.41, 5.74) is 10.9. The van der Waals surface area contributed by atoms with Gasteiger partial charge in [0.1, 0.15) is 5.75 Å². The monoisotopic (exact) mass is 277 g/mol. The highest BCUT2D eigenvalue weighted by Gasteiger charge is 2.40. The first-order chi connectivity index (χ1) is 9.40. The van der Waals surface area contributed by atoms with E-state index in [2.05, 4.69) is 0 Å². The molecule has 6 nitrogen and oxygen atoms in total. The van der Waals surface area contributed by atoms with Crippen LogP contribution in [-0.2, 0) is 9.59 Å². The van der Waals surface area contributed by atoms with Gasteiger partial charge in [0.2, 0.25) is 5.91 Å². The molecule has 1 aromatic carbocycles. The molecule has 0 radical (unpaired) electrons. The summed E-state index contributed by atoms with van der Waals surface area (Å²) in [4.78, 5) is 25.0. The van der Waals surface area contributed by atoms with Crippen molar-refractivity contribution in [1.82, 2.24) is 4.90 Å². The highest BCUT2D eigenvalue weighted by molar-refractivity contribution is 5.84. The summed E-state index contributed by atoms with van der Waals surface area (Å²) in [6.07, 6.45) is 0.590. The van der Waals surface area contributed by atoms with E-state index in [1.165, 1.54) is 0 Å². The molecule has 1 heterocycles. The molecule has 2 rings (SSSR count). The van der Waals surface area contributed by atoms with E-state index < -0.39 is 5.41 Å². The Morgan fingerprint density at radius 2 is 2.20 bits per heavy atom. The van der Waals surface area contributed by atoms with Crippen LogP contribution in [0.25, 0.3) is 0 Å². The number of primary amides is 1. The third kappa shape index (κ3) is 3.01. The molecular formula is C14H19N3O3. The van der Waals surface area contributed by atoms with Gasteiger partial charge < -0.3 is 21.1 Å². The van der Waals surface area contributed by atoms with Crippen LogP contribution in [-0.4, -0.2) is 36.4 Å². The third-order valence-corrected chi connectivity index (χ3v) is 3.64. The molecule has 20 heavy (non-hydrogen) atoms. The largest absolute Gasteiger partial charge is 0.484 e. The Kier molecular flexibility index (Phi) is 3.83. The molecular weight excluding hydrogens is 258 g/mol. The summed E-state index contributed by atoms with van der Waals surface area (Å²) in [5.74, 6) is 0.0251. The van der Waals surface area contributed by atoms with E-state index >= 15 is 0 Å². The van der Waals surface area contributed by atoms with Gasteiger partial charge in [0.25, 0.3) is 5.91 Å². The predicted molar refractivity (Wildman–Crippen MR) is 74.8 cm³/mol. The number of hydrogen-bond acceptors (Lipinski definition) is 4. The number of rotatable bonds is 4. The number of ether oxygens (including phenoxy) is 1. The van der Waals surface area contributed by atoms with Gasteiger partial charge in [-0.05, 0) is 25.5 Å². The minimum absolute atomic E-state index is 0.0711. The van der Waals surface area contributed by atoms with Crippen LogP contribution in [0, 0.1) is 5.41 Å². The standard InChI is InChI=1S/C14H19N3O3/c1-14(13(16)19)5-6-17(9-14)12(18)8-20-11-4-2-3-10(15)7-11/h2-4,7H,5-6,8-9,15H2,1H3,(H2,16,19). The number of nitrogens with zero attached hydrogens (tertiary/aromatic N) is 1. The average Bonchev–Trinajstić information content (AvgIpc) is 2.80. The highest BCUT2D eigenvalue weighted by Crippen LogP contribution is 2.29. The zero-order valence-electron chi connectivity index (χ0n) is 11.5. The van der Waals surface area contributed by atoms with Crippen molar-refractivity contribution in [2.75, 3.05) is 25.4 Å². The first-order valence-corrected chi connectivity index (χ1v) is 6.47. The Balaban J connectivity index is 1.89. The van der Waals surface area contributed by atoms with E-state index in [1.807, 2.05) is 0 Å². The first-order valence-electron chi connectivity index (χ1n) is 6.47. The molecule has 1 aliphatic rings. The number of likely N-dealkylation sites (tertiary alicyclic amines) is 1. The van der Waals surface area contributed by atoms with Gasteiger partial charge in [-0.25, -0.2) is 0 Å². The number of nitrogens with two attached hydrogens (primary N) is 2. The predicted octanol–water partition coefficient (Wildman–Crippen LogP) is 0.372. The number of anilines is 1. The molecule has 1 aliphatic heterocycles. The molecule has 1 aromatic rings. The number of carbonyl (C=O) groups is 2. The topological polar surface area (TPSA) is 98.7 Å². The summed E-state index contributed by atoms with van der Waals surface area (Å²) in [7, 11) is 0. The lowest BCUT2D eigenvalue weighted by molar-refractivity contribution is -0.133. The molecule has 0 aromatic heterocycles. The van der Waals surface area contributed by atoms with Crippen LogP contribution in [0.5, 0.6) is 5.75 Å². The van der Waals surface area contributed by atoms with E-state index in [0.29, 0.717) is 30.9 Å². The highest BCUT2D eigenvalue weighted by atomic mass is 16.5. The zero-order chi connectivity index (χ0) is 14.8. The second-order valence-corrected chi connectivity index (χ2v) is 5.35. The fourth-order valence-electron chi connectivity index (χ4n) is 2.22. The fraction of sp³-hybridized carbons (Fsp3) is 0.429. The Labute approximate surface area is 117 Å². The average molecular weight is 277 g/mol. The third-order valence-electron chi connectivity index (χ3n) is 3.64. The molecule has 4 N–H and O–H groups in total. The van der Waals surface area contributed by atoms with Crippen molar-refractivity contribution < 1.29 is 14.3 Å². The van der Waals surface area contributed by atoms with E-state index in [9.17, 15) is 9.59 Å². The minimum atomic E-state index is -0.632. The van der Waals surface area contributed by atoms with Gasteiger partial charge in [0.05, 0.1) is 5.41 Å². The van der Waals surface area contributed by atoms with Crippen molar-refractivity contribution in [1.29, 1.82) is 0 Å². The van der Waals surface area contributed by atoms with Crippen LogP contribution >= 0.6 is 0 Å². The van der Waals surface area contributed by atoms with E-state index in [4.69, 9.17) is 16.2 Å². The lowest BCUT2D eigenvalue weighted by atomic mass is 9.89. The molecule has 6 heteroatoms.